The second kappa shape index (κ2) is 7.06. The Kier molecular flexibility index (Phi) is 5.13. The van der Waals surface area contributed by atoms with Gasteiger partial charge in [0, 0.05) is 18.3 Å². The lowest BCUT2D eigenvalue weighted by molar-refractivity contribution is 0.458. The zero-order valence-electron chi connectivity index (χ0n) is 12.4. The summed E-state index contributed by atoms with van der Waals surface area (Å²) < 4.78 is 5.78. The summed E-state index contributed by atoms with van der Waals surface area (Å²) in [6, 6.07) is 11.9. The maximum absolute atomic E-state index is 5.78. The lowest BCUT2D eigenvalue weighted by atomic mass is 10.2. The normalized spacial score (nSPS) is 10.8. The van der Waals surface area contributed by atoms with E-state index in [2.05, 4.69) is 30.2 Å². The summed E-state index contributed by atoms with van der Waals surface area (Å²) in [7, 11) is 0. The summed E-state index contributed by atoms with van der Waals surface area (Å²) in [5, 5.41) is 3.42. The molecule has 0 fully saturated rings. The van der Waals surface area contributed by atoms with E-state index >= 15 is 0 Å². The number of benzene rings is 1. The largest absolute Gasteiger partial charge is 0.439 e. The number of hydrogen-bond acceptors (Lipinski definition) is 3. The van der Waals surface area contributed by atoms with Gasteiger partial charge in [-0.25, -0.2) is 4.98 Å². The van der Waals surface area contributed by atoms with Gasteiger partial charge in [-0.15, -0.1) is 0 Å². The standard InChI is InChI=1S/C17H22N2O/c1-13(2)10-18-11-15-9-14(3)17(19-12-15)20-16-7-5-4-6-8-16/h4-9,12-13,18H,10-11H2,1-3H3. The Labute approximate surface area is 121 Å². The van der Waals surface area contributed by atoms with E-state index in [9.17, 15) is 0 Å². The lowest BCUT2D eigenvalue weighted by Crippen LogP contribution is -2.19. The Morgan fingerprint density at radius 1 is 1.20 bits per heavy atom. The highest BCUT2D eigenvalue weighted by Crippen LogP contribution is 2.22. The van der Waals surface area contributed by atoms with Crippen LogP contribution in [0.15, 0.2) is 42.6 Å². The molecule has 0 aliphatic carbocycles. The van der Waals surface area contributed by atoms with Crippen LogP contribution in [0.3, 0.4) is 0 Å². The summed E-state index contributed by atoms with van der Waals surface area (Å²) in [5.41, 5.74) is 2.24. The van der Waals surface area contributed by atoms with E-state index in [-0.39, 0.29) is 0 Å². The second-order valence-electron chi connectivity index (χ2n) is 5.41. The SMILES string of the molecule is Cc1cc(CNCC(C)C)cnc1Oc1ccccc1. The molecule has 1 aromatic heterocycles. The molecule has 3 heteroatoms. The second-order valence-corrected chi connectivity index (χ2v) is 5.41. The van der Waals surface area contributed by atoms with E-state index in [0.717, 1.165) is 24.4 Å². The van der Waals surface area contributed by atoms with Crippen molar-refractivity contribution in [2.75, 3.05) is 6.54 Å². The number of rotatable bonds is 6. The number of para-hydroxylation sites is 1. The van der Waals surface area contributed by atoms with E-state index in [1.807, 2.05) is 43.5 Å². The van der Waals surface area contributed by atoms with Crippen LogP contribution in [0.25, 0.3) is 0 Å². The van der Waals surface area contributed by atoms with Gasteiger partial charge >= 0.3 is 0 Å². The van der Waals surface area contributed by atoms with Crippen molar-refractivity contribution in [1.82, 2.24) is 10.3 Å². The molecule has 20 heavy (non-hydrogen) atoms. The average Bonchev–Trinajstić information content (AvgIpc) is 2.42. The molecule has 0 radical (unpaired) electrons. The molecular weight excluding hydrogens is 248 g/mol. The Bertz CT molecular complexity index is 538. The van der Waals surface area contributed by atoms with Crippen molar-refractivity contribution in [2.24, 2.45) is 5.92 Å². The monoisotopic (exact) mass is 270 g/mol. The van der Waals surface area contributed by atoms with Gasteiger partial charge in [0.05, 0.1) is 0 Å². The van der Waals surface area contributed by atoms with E-state index in [1.54, 1.807) is 0 Å². The number of nitrogens with zero attached hydrogens (tertiary/aromatic N) is 1. The zero-order valence-corrected chi connectivity index (χ0v) is 12.4. The Morgan fingerprint density at radius 2 is 1.95 bits per heavy atom. The molecule has 1 N–H and O–H groups in total. The van der Waals surface area contributed by atoms with Crippen molar-refractivity contribution in [3.05, 3.63) is 53.7 Å². The molecule has 0 saturated heterocycles. The van der Waals surface area contributed by atoms with Crippen molar-refractivity contribution in [3.63, 3.8) is 0 Å². The molecule has 0 bridgehead atoms. The van der Waals surface area contributed by atoms with Crippen LogP contribution in [0.4, 0.5) is 0 Å². The maximum atomic E-state index is 5.78. The van der Waals surface area contributed by atoms with Crippen molar-refractivity contribution in [2.45, 2.75) is 27.3 Å². The van der Waals surface area contributed by atoms with E-state index < -0.39 is 0 Å². The van der Waals surface area contributed by atoms with Crippen LogP contribution in [-0.4, -0.2) is 11.5 Å². The fraction of sp³-hybridized carbons (Fsp3) is 0.353. The lowest BCUT2D eigenvalue weighted by Gasteiger charge is -2.10. The van der Waals surface area contributed by atoms with Gasteiger partial charge in [0.1, 0.15) is 5.75 Å². The average molecular weight is 270 g/mol. The van der Waals surface area contributed by atoms with Crippen LogP contribution in [0.5, 0.6) is 11.6 Å². The van der Waals surface area contributed by atoms with Crippen molar-refractivity contribution < 1.29 is 4.74 Å². The molecule has 1 heterocycles. The summed E-state index contributed by atoms with van der Waals surface area (Å²) in [5.74, 6) is 2.14. The van der Waals surface area contributed by atoms with Crippen molar-refractivity contribution in [1.29, 1.82) is 0 Å². The molecule has 0 aliphatic rings. The van der Waals surface area contributed by atoms with Crippen LogP contribution >= 0.6 is 0 Å². The first-order valence-corrected chi connectivity index (χ1v) is 7.04. The van der Waals surface area contributed by atoms with Crippen LogP contribution in [0.1, 0.15) is 25.0 Å². The Hall–Kier alpha value is -1.87. The van der Waals surface area contributed by atoms with Gasteiger partial charge in [0.25, 0.3) is 0 Å². The molecule has 3 nitrogen and oxygen atoms in total. The predicted octanol–water partition coefficient (Wildman–Crippen LogP) is 3.93. The minimum absolute atomic E-state index is 0.657. The van der Waals surface area contributed by atoms with Gasteiger partial charge in [-0.05, 0) is 43.1 Å². The van der Waals surface area contributed by atoms with Gasteiger partial charge in [-0.1, -0.05) is 32.0 Å². The number of pyridine rings is 1. The third-order valence-corrected chi connectivity index (χ3v) is 2.93. The topological polar surface area (TPSA) is 34.2 Å². The first kappa shape index (κ1) is 14.5. The summed E-state index contributed by atoms with van der Waals surface area (Å²) >= 11 is 0. The number of aromatic nitrogens is 1. The molecule has 0 spiro atoms. The van der Waals surface area contributed by atoms with Gasteiger partial charge in [0.15, 0.2) is 0 Å². The Balaban J connectivity index is 1.99. The van der Waals surface area contributed by atoms with E-state index in [1.165, 1.54) is 5.56 Å². The van der Waals surface area contributed by atoms with Crippen molar-refractivity contribution >= 4 is 0 Å². The summed E-state index contributed by atoms with van der Waals surface area (Å²) in [6.45, 7) is 8.29. The molecular formula is C17H22N2O. The quantitative estimate of drug-likeness (QED) is 0.863. The van der Waals surface area contributed by atoms with Gasteiger partial charge < -0.3 is 10.1 Å². The minimum Gasteiger partial charge on any atom is -0.439 e. The first-order chi connectivity index (χ1) is 9.65. The molecule has 0 unspecified atom stereocenters. The molecule has 0 aliphatic heterocycles. The molecule has 0 amide bonds. The van der Waals surface area contributed by atoms with Gasteiger partial charge in [-0.2, -0.15) is 0 Å². The predicted molar refractivity (Wildman–Crippen MR) is 82.0 cm³/mol. The fourth-order valence-electron chi connectivity index (χ4n) is 1.93. The Morgan fingerprint density at radius 3 is 2.60 bits per heavy atom. The van der Waals surface area contributed by atoms with Crippen LogP contribution in [-0.2, 0) is 6.54 Å². The zero-order chi connectivity index (χ0) is 14.4. The van der Waals surface area contributed by atoms with E-state index in [4.69, 9.17) is 4.74 Å². The number of nitrogens with one attached hydrogen (secondary N) is 1. The fourth-order valence-corrected chi connectivity index (χ4v) is 1.93. The minimum atomic E-state index is 0.657. The molecule has 0 atom stereocenters. The summed E-state index contributed by atoms with van der Waals surface area (Å²) in [6.07, 6.45) is 1.87. The molecule has 2 rings (SSSR count). The van der Waals surface area contributed by atoms with E-state index in [0.29, 0.717) is 11.8 Å². The maximum Gasteiger partial charge on any atom is 0.222 e. The molecule has 106 valence electrons. The number of ether oxygens (including phenoxy) is 1. The molecule has 2 aromatic rings. The smallest absolute Gasteiger partial charge is 0.222 e. The third-order valence-electron chi connectivity index (χ3n) is 2.93. The van der Waals surface area contributed by atoms with Gasteiger partial charge in [0.2, 0.25) is 5.88 Å². The molecule has 0 saturated carbocycles. The van der Waals surface area contributed by atoms with Crippen LogP contribution in [0, 0.1) is 12.8 Å². The highest BCUT2D eigenvalue weighted by molar-refractivity contribution is 5.33. The van der Waals surface area contributed by atoms with Crippen LogP contribution in [0.2, 0.25) is 0 Å². The van der Waals surface area contributed by atoms with Crippen molar-refractivity contribution in [3.8, 4) is 11.6 Å². The third kappa shape index (κ3) is 4.35. The number of aryl methyl sites for hydroxylation is 1. The van der Waals surface area contributed by atoms with Gasteiger partial charge in [-0.3, -0.25) is 0 Å². The first-order valence-electron chi connectivity index (χ1n) is 7.04. The number of hydrogen-bond donors (Lipinski definition) is 1. The highest BCUT2D eigenvalue weighted by Gasteiger charge is 2.04. The molecule has 1 aromatic carbocycles. The van der Waals surface area contributed by atoms with Crippen LogP contribution < -0.4 is 10.1 Å². The summed E-state index contributed by atoms with van der Waals surface area (Å²) in [4.78, 5) is 4.41. The highest BCUT2D eigenvalue weighted by atomic mass is 16.5.